The molecule has 1 aromatic carbocycles. The molecule has 1 heterocycles. The van der Waals surface area contributed by atoms with Gasteiger partial charge in [0.05, 0.1) is 17.8 Å². The van der Waals surface area contributed by atoms with Crippen LogP contribution >= 0.6 is 11.3 Å². The van der Waals surface area contributed by atoms with Gasteiger partial charge in [0.15, 0.2) is 0 Å². The normalized spacial score (nSPS) is 10.7. The van der Waals surface area contributed by atoms with Crippen LogP contribution in [0.3, 0.4) is 0 Å². The van der Waals surface area contributed by atoms with Crippen molar-refractivity contribution in [1.29, 1.82) is 0 Å². The van der Waals surface area contributed by atoms with Crippen LogP contribution in [0.4, 0.5) is 0 Å². The standard InChI is InChI=1S/C14H18N2OS/c1-9-4-5-12(17-3)11(8-9)14-13(6-7-15)18-10(2)16-14/h4-5,8H,6-7,15H2,1-3H3. The van der Waals surface area contributed by atoms with Crippen LogP contribution in [0.2, 0.25) is 0 Å². The molecule has 0 aliphatic carbocycles. The molecule has 3 nitrogen and oxygen atoms in total. The molecule has 4 heteroatoms. The van der Waals surface area contributed by atoms with Crippen molar-refractivity contribution in [2.24, 2.45) is 5.73 Å². The molecule has 1 aromatic heterocycles. The Balaban J connectivity index is 2.56. The Labute approximate surface area is 112 Å². The summed E-state index contributed by atoms with van der Waals surface area (Å²) in [6.45, 7) is 4.74. The molecule has 0 radical (unpaired) electrons. The molecule has 0 aliphatic heterocycles. The first-order valence-electron chi connectivity index (χ1n) is 5.97. The van der Waals surface area contributed by atoms with Crippen LogP contribution < -0.4 is 10.5 Å². The first-order chi connectivity index (χ1) is 8.65. The highest BCUT2D eigenvalue weighted by molar-refractivity contribution is 7.12. The molecule has 0 unspecified atom stereocenters. The number of hydrogen-bond donors (Lipinski definition) is 1. The predicted molar refractivity (Wildman–Crippen MR) is 76.3 cm³/mol. The zero-order valence-electron chi connectivity index (χ0n) is 11.0. The van der Waals surface area contributed by atoms with E-state index >= 15 is 0 Å². The van der Waals surface area contributed by atoms with Crippen molar-refractivity contribution in [2.75, 3.05) is 13.7 Å². The number of nitrogens with zero attached hydrogens (tertiary/aromatic N) is 1. The average molecular weight is 262 g/mol. The summed E-state index contributed by atoms with van der Waals surface area (Å²) in [6.07, 6.45) is 0.859. The minimum atomic E-state index is 0.642. The van der Waals surface area contributed by atoms with Gasteiger partial charge < -0.3 is 10.5 Å². The molecular weight excluding hydrogens is 244 g/mol. The number of methoxy groups -OCH3 is 1. The number of aryl methyl sites for hydroxylation is 2. The summed E-state index contributed by atoms with van der Waals surface area (Å²) in [5, 5.41) is 1.07. The SMILES string of the molecule is COc1ccc(C)cc1-c1nc(C)sc1CCN. The molecule has 2 aromatic rings. The number of ether oxygens (including phenoxy) is 1. The summed E-state index contributed by atoms with van der Waals surface area (Å²) in [6, 6.07) is 6.16. The lowest BCUT2D eigenvalue weighted by atomic mass is 10.1. The molecule has 0 atom stereocenters. The van der Waals surface area contributed by atoms with E-state index in [1.165, 1.54) is 10.4 Å². The zero-order valence-corrected chi connectivity index (χ0v) is 11.8. The van der Waals surface area contributed by atoms with Gasteiger partial charge in [-0.15, -0.1) is 11.3 Å². The third-order valence-corrected chi connectivity index (χ3v) is 3.82. The van der Waals surface area contributed by atoms with Crippen LogP contribution in [0.25, 0.3) is 11.3 Å². The summed E-state index contributed by atoms with van der Waals surface area (Å²) in [5.41, 5.74) is 8.95. The second-order valence-corrected chi connectivity index (χ2v) is 5.53. The number of hydrogen-bond acceptors (Lipinski definition) is 4. The first kappa shape index (κ1) is 13.1. The van der Waals surface area contributed by atoms with Gasteiger partial charge in [0.1, 0.15) is 5.75 Å². The van der Waals surface area contributed by atoms with Crippen molar-refractivity contribution < 1.29 is 4.74 Å². The van der Waals surface area contributed by atoms with Gasteiger partial charge in [0.25, 0.3) is 0 Å². The van der Waals surface area contributed by atoms with E-state index in [0.29, 0.717) is 6.54 Å². The Bertz CT molecular complexity index is 549. The number of rotatable bonds is 4. The molecule has 0 fully saturated rings. The minimum Gasteiger partial charge on any atom is -0.496 e. The van der Waals surface area contributed by atoms with E-state index < -0.39 is 0 Å². The highest BCUT2D eigenvalue weighted by Crippen LogP contribution is 2.35. The predicted octanol–water partition coefficient (Wildman–Crippen LogP) is 2.94. The van der Waals surface area contributed by atoms with Crippen LogP contribution in [0.5, 0.6) is 5.75 Å². The monoisotopic (exact) mass is 262 g/mol. The number of benzene rings is 1. The number of nitrogens with two attached hydrogens (primary N) is 1. The first-order valence-corrected chi connectivity index (χ1v) is 6.78. The summed E-state index contributed by atoms with van der Waals surface area (Å²) in [5.74, 6) is 0.865. The fourth-order valence-electron chi connectivity index (χ4n) is 1.99. The van der Waals surface area contributed by atoms with Gasteiger partial charge in [-0.25, -0.2) is 4.98 Å². The van der Waals surface area contributed by atoms with Gasteiger partial charge in [-0.1, -0.05) is 11.6 Å². The maximum absolute atomic E-state index is 5.66. The molecule has 0 bridgehead atoms. The molecule has 96 valence electrons. The molecule has 0 aliphatic rings. The van der Waals surface area contributed by atoms with Crippen LogP contribution in [-0.2, 0) is 6.42 Å². The maximum Gasteiger partial charge on any atom is 0.128 e. The summed E-state index contributed by atoms with van der Waals surface area (Å²) >= 11 is 1.71. The number of aromatic nitrogens is 1. The van der Waals surface area contributed by atoms with Crippen LogP contribution in [0.15, 0.2) is 18.2 Å². The summed E-state index contributed by atoms with van der Waals surface area (Å²) < 4.78 is 5.43. The third-order valence-electron chi connectivity index (χ3n) is 2.79. The molecule has 2 rings (SSSR count). The van der Waals surface area contributed by atoms with E-state index in [1.54, 1.807) is 18.4 Å². The van der Waals surface area contributed by atoms with Crippen molar-refractivity contribution in [3.63, 3.8) is 0 Å². The van der Waals surface area contributed by atoms with Gasteiger partial charge >= 0.3 is 0 Å². The van der Waals surface area contributed by atoms with Crippen molar-refractivity contribution >= 4 is 11.3 Å². The van der Waals surface area contributed by atoms with Crippen molar-refractivity contribution in [3.05, 3.63) is 33.6 Å². The van der Waals surface area contributed by atoms with Crippen LogP contribution in [0.1, 0.15) is 15.4 Å². The molecule has 2 N–H and O–H groups in total. The molecule has 0 saturated heterocycles. The quantitative estimate of drug-likeness (QED) is 0.921. The smallest absolute Gasteiger partial charge is 0.128 e. The van der Waals surface area contributed by atoms with Gasteiger partial charge in [-0.3, -0.25) is 0 Å². The summed E-state index contributed by atoms with van der Waals surface area (Å²) in [4.78, 5) is 5.87. The second-order valence-electron chi connectivity index (χ2n) is 4.25. The lowest BCUT2D eigenvalue weighted by Crippen LogP contribution is -2.02. The topological polar surface area (TPSA) is 48.1 Å². The van der Waals surface area contributed by atoms with Crippen molar-refractivity contribution in [2.45, 2.75) is 20.3 Å². The number of thiazole rings is 1. The van der Waals surface area contributed by atoms with Gasteiger partial charge in [-0.05, 0) is 38.9 Å². The largest absolute Gasteiger partial charge is 0.496 e. The van der Waals surface area contributed by atoms with Gasteiger partial charge in [0.2, 0.25) is 0 Å². The third kappa shape index (κ3) is 2.54. The maximum atomic E-state index is 5.66. The van der Waals surface area contributed by atoms with E-state index in [0.717, 1.165) is 28.4 Å². The Morgan fingerprint density at radius 1 is 1.33 bits per heavy atom. The molecule has 18 heavy (non-hydrogen) atoms. The molecule has 0 amide bonds. The Kier molecular flexibility index (Phi) is 3.99. The van der Waals surface area contributed by atoms with Crippen LogP contribution in [-0.4, -0.2) is 18.6 Å². The van der Waals surface area contributed by atoms with E-state index in [-0.39, 0.29) is 0 Å². The van der Waals surface area contributed by atoms with Crippen LogP contribution in [0, 0.1) is 13.8 Å². The molecular formula is C14H18N2OS. The average Bonchev–Trinajstić information content (AvgIpc) is 2.71. The summed E-state index contributed by atoms with van der Waals surface area (Å²) in [7, 11) is 1.69. The highest BCUT2D eigenvalue weighted by atomic mass is 32.1. The minimum absolute atomic E-state index is 0.642. The Morgan fingerprint density at radius 3 is 2.78 bits per heavy atom. The molecule has 0 spiro atoms. The lowest BCUT2D eigenvalue weighted by molar-refractivity contribution is 0.416. The van der Waals surface area contributed by atoms with E-state index in [1.807, 2.05) is 19.1 Å². The second kappa shape index (κ2) is 5.50. The lowest BCUT2D eigenvalue weighted by Gasteiger charge is -2.09. The zero-order chi connectivity index (χ0) is 13.1. The fraction of sp³-hybridized carbons (Fsp3) is 0.357. The fourth-order valence-corrected chi connectivity index (χ4v) is 2.95. The van der Waals surface area contributed by atoms with Gasteiger partial charge in [0, 0.05) is 10.4 Å². The Morgan fingerprint density at radius 2 is 2.11 bits per heavy atom. The van der Waals surface area contributed by atoms with E-state index in [9.17, 15) is 0 Å². The Hall–Kier alpha value is -1.39. The van der Waals surface area contributed by atoms with Crippen molar-refractivity contribution in [3.8, 4) is 17.0 Å². The highest BCUT2D eigenvalue weighted by Gasteiger charge is 2.14. The molecule has 0 saturated carbocycles. The van der Waals surface area contributed by atoms with E-state index in [4.69, 9.17) is 10.5 Å². The van der Waals surface area contributed by atoms with Crippen molar-refractivity contribution in [1.82, 2.24) is 4.98 Å². The van der Waals surface area contributed by atoms with Gasteiger partial charge in [-0.2, -0.15) is 0 Å². The van der Waals surface area contributed by atoms with E-state index in [2.05, 4.69) is 18.0 Å².